The Labute approximate surface area is 164 Å². The average Bonchev–Trinajstić information content (AvgIpc) is 3.36. The largest absolute Gasteiger partial charge is 0.454 e. The lowest BCUT2D eigenvalue weighted by atomic mass is 10.0. The molecule has 28 heavy (non-hydrogen) atoms. The van der Waals surface area contributed by atoms with Crippen LogP contribution >= 0.6 is 0 Å². The van der Waals surface area contributed by atoms with Gasteiger partial charge in [-0.2, -0.15) is 4.98 Å². The van der Waals surface area contributed by atoms with Crippen molar-refractivity contribution in [1.82, 2.24) is 15.5 Å². The first kappa shape index (κ1) is 18.5. The predicted octanol–water partition coefficient (Wildman–Crippen LogP) is 4.06. The summed E-state index contributed by atoms with van der Waals surface area (Å²) in [5.74, 6) is 3.00. The van der Waals surface area contributed by atoms with Gasteiger partial charge in [-0.3, -0.25) is 0 Å². The number of aryl methyl sites for hydroxylation is 1. The molecule has 6 nitrogen and oxygen atoms in total. The highest BCUT2D eigenvalue weighted by Gasteiger charge is 2.17. The van der Waals surface area contributed by atoms with Crippen molar-refractivity contribution in [2.45, 2.75) is 45.2 Å². The lowest BCUT2D eigenvalue weighted by Crippen LogP contribution is -2.30. The Morgan fingerprint density at radius 2 is 1.82 bits per heavy atom. The molecule has 0 aliphatic carbocycles. The summed E-state index contributed by atoms with van der Waals surface area (Å²) in [5, 5.41) is 7.70. The van der Waals surface area contributed by atoms with Crippen molar-refractivity contribution in [2.75, 3.05) is 6.79 Å². The molecule has 2 aromatic carbocycles. The van der Waals surface area contributed by atoms with E-state index in [2.05, 4.69) is 53.6 Å². The van der Waals surface area contributed by atoms with Crippen molar-refractivity contribution < 1.29 is 14.0 Å². The molecule has 0 bridgehead atoms. The molecule has 146 valence electrons. The van der Waals surface area contributed by atoms with E-state index in [-0.39, 0.29) is 6.04 Å². The minimum Gasteiger partial charge on any atom is -0.454 e. The monoisotopic (exact) mass is 379 g/mol. The van der Waals surface area contributed by atoms with E-state index in [0.717, 1.165) is 29.9 Å². The van der Waals surface area contributed by atoms with Crippen LogP contribution in [0.4, 0.5) is 0 Å². The number of hydrogen-bond acceptors (Lipinski definition) is 6. The second kappa shape index (κ2) is 8.44. The summed E-state index contributed by atoms with van der Waals surface area (Å²) in [4.78, 5) is 4.55. The van der Waals surface area contributed by atoms with E-state index < -0.39 is 0 Å². The maximum atomic E-state index is 5.45. The minimum atomic E-state index is 0.0278. The van der Waals surface area contributed by atoms with Gasteiger partial charge < -0.3 is 19.3 Å². The second-order valence-electron chi connectivity index (χ2n) is 7.22. The third kappa shape index (κ3) is 4.51. The maximum Gasteiger partial charge on any atom is 0.231 e. The number of hydrogen-bond donors (Lipinski definition) is 1. The van der Waals surface area contributed by atoms with Crippen LogP contribution in [0.2, 0.25) is 0 Å². The molecule has 4 rings (SSSR count). The summed E-state index contributed by atoms with van der Waals surface area (Å²) in [6.45, 7) is 4.55. The lowest BCUT2D eigenvalue weighted by Gasteiger charge is -2.17. The quantitative estimate of drug-likeness (QED) is 0.636. The number of ether oxygens (including phenoxy) is 2. The van der Waals surface area contributed by atoms with E-state index in [1.54, 1.807) is 0 Å². The molecule has 0 saturated carbocycles. The molecular weight excluding hydrogens is 354 g/mol. The Balaban J connectivity index is 1.28. The zero-order valence-electron chi connectivity index (χ0n) is 16.2. The maximum absolute atomic E-state index is 5.45. The highest BCUT2D eigenvalue weighted by molar-refractivity contribution is 5.44. The van der Waals surface area contributed by atoms with Gasteiger partial charge in [0.1, 0.15) is 0 Å². The number of aromatic nitrogens is 2. The lowest BCUT2D eigenvalue weighted by molar-refractivity contribution is 0.174. The second-order valence-corrected chi connectivity index (χ2v) is 7.22. The number of nitrogens with one attached hydrogen (secondary N) is 1. The van der Waals surface area contributed by atoms with Crippen LogP contribution in [-0.2, 0) is 12.8 Å². The molecule has 0 amide bonds. The molecule has 0 spiro atoms. The Kier molecular flexibility index (Phi) is 5.58. The standard InChI is InChI=1S/C22H25N3O3/c1-15(8-9-18-10-11-19-20(12-18)27-14-26-19)23-16(2)22-24-21(28-25-22)13-17-6-4-3-5-7-17/h3-7,10-12,15-16,23H,8-9,13-14H2,1-2H3/t15-,16+/m1/s1. The fourth-order valence-electron chi connectivity index (χ4n) is 3.35. The highest BCUT2D eigenvalue weighted by Crippen LogP contribution is 2.32. The number of rotatable bonds is 8. The van der Waals surface area contributed by atoms with Gasteiger partial charge >= 0.3 is 0 Å². The van der Waals surface area contributed by atoms with Gasteiger partial charge in [0.05, 0.1) is 12.5 Å². The molecule has 6 heteroatoms. The van der Waals surface area contributed by atoms with Gasteiger partial charge in [0.2, 0.25) is 12.7 Å². The molecule has 0 fully saturated rings. The summed E-state index contributed by atoms with van der Waals surface area (Å²) in [7, 11) is 0. The van der Waals surface area contributed by atoms with Crippen LogP contribution in [0, 0.1) is 0 Å². The SMILES string of the molecule is C[C@H](CCc1ccc2c(c1)OCO2)N[C@@H](C)c1noc(Cc2ccccc2)n1. The average molecular weight is 379 g/mol. The first-order valence-electron chi connectivity index (χ1n) is 9.68. The molecule has 1 aliphatic heterocycles. The zero-order valence-corrected chi connectivity index (χ0v) is 16.2. The smallest absolute Gasteiger partial charge is 0.231 e. The number of benzene rings is 2. The van der Waals surface area contributed by atoms with Gasteiger partial charge in [-0.15, -0.1) is 0 Å². The van der Waals surface area contributed by atoms with Gasteiger partial charge in [0.25, 0.3) is 0 Å². The molecule has 1 aliphatic rings. The van der Waals surface area contributed by atoms with Crippen LogP contribution in [0.1, 0.15) is 49.2 Å². The predicted molar refractivity (Wildman–Crippen MR) is 105 cm³/mol. The van der Waals surface area contributed by atoms with Gasteiger partial charge in [-0.25, -0.2) is 0 Å². The van der Waals surface area contributed by atoms with Crippen LogP contribution in [0.5, 0.6) is 11.5 Å². The van der Waals surface area contributed by atoms with E-state index in [1.165, 1.54) is 5.56 Å². The topological polar surface area (TPSA) is 69.4 Å². The Morgan fingerprint density at radius 1 is 1.00 bits per heavy atom. The van der Waals surface area contributed by atoms with Crippen molar-refractivity contribution in [3.05, 3.63) is 71.4 Å². The molecule has 3 aromatic rings. The van der Waals surface area contributed by atoms with Gasteiger partial charge in [-0.1, -0.05) is 41.6 Å². The molecular formula is C22H25N3O3. The van der Waals surface area contributed by atoms with E-state index in [4.69, 9.17) is 14.0 Å². The summed E-state index contributed by atoms with van der Waals surface area (Å²) < 4.78 is 16.2. The fraction of sp³-hybridized carbons (Fsp3) is 0.364. The summed E-state index contributed by atoms with van der Waals surface area (Å²) in [6.07, 6.45) is 2.61. The third-order valence-corrected chi connectivity index (χ3v) is 4.91. The van der Waals surface area contributed by atoms with Gasteiger partial charge in [-0.05, 0) is 49.9 Å². The van der Waals surface area contributed by atoms with Gasteiger partial charge in [0, 0.05) is 6.04 Å². The Hall–Kier alpha value is -2.86. The molecule has 0 saturated heterocycles. The van der Waals surface area contributed by atoms with Crippen LogP contribution in [-0.4, -0.2) is 23.0 Å². The Bertz CT molecular complexity index is 910. The number of nitrogens with zero attached hydrogens (tertiary/aromatic N) is 2. The third-order valence-electron chi connectivity index (χ3n) is 4.91. The molecule has 0 radical (unpaired) electrons. The van der Waals surface area contributed by atoms with Crippen molar-refractivity contribution in [1.29, 1.82) is 0 Å². The van der Waals surface area contributed by atoms with Crippen molar-refractivity contribution in [3.63, 3.8) is 0 Å². The fourth-order valence-corrected chi connectivity index (χ4v) is 3.35. The molecule has 2 heterocycles. The summed E-state index contributed by atoms with van der Waals surface area (Å²) in [6, 6.07) is 16.6. The molecule has 1 N–H and O–H groups in total. The van der Waals surface area contributed by atoms with E-state index in [9.17, 15) is 0 Å². The summed E-state index contributed by atoms with van der Waals surface area (Å²) >= 11 is 0. The van der Waals surface area contributed by atoms with Crippen molar-refractivity contribution in [3.8, 4) is 11.5 Å². The van der Waals surface area contributed by atoms with Crippen LogP contribution in [0.25, 0.3) is 0 Å². The zero-order chi connectivity index (χ0) is 19.3. The Morgan fingerprint density at radius 3 is 2.68 bits per heavy atom. The molecule has 0 unspecified atom stereocenters. The van der Waals surface area contributed by atoms with Gasteiger partial charge in [0.15, 0.2) is 17.3 Å². The van der Waals surface area contributed by atoms with Crippen molar-refractivity contribution in [2.24, 2.45) is 0 Å². The van der Waals surface area contributed by atoms with Crippen LogP contribution in [0.3, 0.4) is 0 Å². The van der Waals surface area contributed by atoms with E-state index in [1.807, 2.05) is 24.3 Å². The first-order chi connectivity index (χ1) is 13.7. The highest BCUT2D eigenvalue weighted by atomic mass is 16.7. The molecule has 2 atom stereocenters. The van der Waals surface area contributed by atoms with Crippen LogP contribution in [0.15, 0.2) is 53.1 Å². The van der Waals surface area contributed by atoms with Crippen LogP contribution < -0.4 is 14.8 Å². The van der Waals surface area contributed by atoms with E-state index in [0.29, 0.717) is 31.0 Å². The summed E-state index contributed by atoms with van der Waals surface area (Å²) in [5.41, 5.74) is 2.41. The van der Waals surface area contributed by atoms with Crippen molar-refractivity contribution >= 4 is 0 Å². The first-order valence-corrected chi connectivity index (χ1v) is 9.68. The van der Waals surface area contributed by atoms with E-state index >= 15 is 0 Å². The minimum absolute atomic E-state index is 0.0278. The molecule has 1 aromatic heterocycles. The number of fused-ring (bicyclic) bond motifs is 1. The normalized spacial score (nSPS) is 14.8.